The summed E-state index contributed by atoms with van der Waals surface area (Å²) in [6.07, 6.45) is 4.37. The standard InChI is InChI=1S/C14H16N4OS/c19-13(17-18-7-3-4-8-18)9-11-10-20-14(16-11)12-5-1-2-6-15-12/h1-2,5-6,10H,3-4,7-9H2,(H,17,19). The molecule has 1 N–H and O–H groups in total. The number of carbonyl (C=O) groups excluding carboxylic acids is 1. The molecule has 104 valence electrons. The average Bonchev–Trinajstić information content (AvgIpc) is 3.11. The first-order valence-electron chi connectivity index (χ1n) is 6.71. The summed E-state index contributed by atoms with van der Waals surface area (Å²) in [7, 11) is 0. The highest BCUT2D eigenvalue weighted by atomic mass is 32.1. The minimum absolute atomic E-state index is 0.00442. The Kier molecular flexibility index (Phi) is 4.03. The van der Waals surface area contributed by atoms with E-state index in [4.69, 9.17) is 0 Å². The van der Waals surface area contributed by atoms with Crippen LogP contribution in [-0.4, -0.2) is 34.0 Å². The molecule has 6 heteroatoms. The van der Waals surface area contributed by atoms with Crippen LogP contribution in [0.2, 0.25) is 0 Å². The zero-order valence-electron chi connectivity index (χ0n) is 11.1. The lowest BCUT2D eigenvalue weighted by Gasteiger charge is -2.15. The molecule has 1 aliphatic rings. The van der Waals surface area contributed by atoms with Crippen molar-refractivity contribution in [3.63, 3.8) is 0 Å². The topological polar surface area (TPSA) is 58.1 Å². The van der Waals surface area contributed by atoms with E-state index in [1.54, 1.807) is 6.20 Å². The van der Waals surface area contributed by atoms with Gasteiger partial charge in [0.15, 0.2) is 0 Å². The van der Waals surface area contributed by atoms with Gasteiger partial charge in [-0.2, -0.15) is 0 Å². The number of hydrogen-bond acceptors (Lipinski definition) is 5. The minimum atomic E-state index is 0.00442. The number of pyridine rings is 1. The SMILES string of the molecule is O=C(Cc1csc(-c2ccccn2)n1)NN1CCCC1. The first-order valence-corrected chi connectivity index (χ1v) is 7.59. The van der Waals surface area contributed by atoms with Crippen LogP contribution in [0.4, 0.5) is 0 Å². The predicted octanol–water partition coefficient (Wildman–Crippen LogP) is 1.87. The number of carbonyl (C=O) groups is 1. The monoisotopic (exact) mass is 288 g/mol. The van der Waals surface area contributed by atoms with Crippen LogP contribution >= 0.6 is 11.3 Å². The summed E-state index contributed by atoms with van der Waals surface area (Å²) in [4.78, 5) is 20.6. The van der Waals surface area contributed by atoms with Crippen molar-refractivity contribution >= 4 is 17.2 Å². The van der Waals surface area contributed by atoms with Crippen molar-refractivity contribution in [2.45, 2.75) is 19.3 Å². The molecule has 0 spiro atoms. The third-order valence-electron chi connectivity index (χ3n) is 3.17. The third kappa shape index (κ3) is 3.20. The maximum Gasteiger partial charge on any atom is 0.240 e. The molecule has 0 aliphatic carbocycles. The number of nitrogens with one attached hydrogen (secondary N) is 1. The molecule has 0 unspecified atom stereocenters. The number of hydrazine groups is 1. The van der Waals surface area contributed by atoms with Gasteiger partial charge < -0.3 is 0 Å². The molecule has 5 nitrogen and oxygen atoms in total. The summed E-state index contributed by atoms with van der Waals surface area (Å²) in [6, 6.07) is 5.73. The fourth-order valence-corrected chi connectivity index (χ4v) is 3.00. The normalized spacial score (nSPS) is 15.4. The molecule has 0 atom stereocenters. The van der Waals surface area contributed by atoms with Crippen molar-refractivity contribution in [3.8, 4) is 10.7 Å². The molecule has 20 heavy (non-hydrogen) atoms. The zero-order chi connectivity index (χ0) is 13.8. The van der Waals surface area contributed by atoms with E-state index in [2.05, 4.69) is 15.4 Å². The second-order valence-electron chi connectivity index (χ2n) is 4.76. The summed E-state index contributed by atoms with van der Waals surface area (Å²) >= 11 is 1.52. The molecule has 1 aliphatic heterocycles. The lowest BCUT2D eigenvalue weighted by atomic mass is 10.3. The van der Waals surface area contributed by atoms with E-state index < -0.39 is 0 Å². The van der Waals surface area contributed by atoms with Gasteiger partial charge in [-0.3, -0.25) is 15.2 Å². The van der Waals surface area contributed by atoms with Crippen LogP contribution in [0.25, 0.3) is 10.7 Å². The first kappa shape index (κ1) is 13.2. The van der Waals surface area contributed by atoms with Gasteiger partial charge in [-0.05, 0) is 25.0 Å². The molecule has 1 fully saturated rings. The summed E-state index contributed by atoms with van der Waals surface area (Å²) in [5.74, 6) is 0.00442. The van der Waals surface area contributed by atoms with E-state index in [0.717, 1.165) is 42.3 Å². The number of rotatable bonds is 4. The second kappa shape index (κ2) is 6.11. The van der Waals surface area contributed by atoms with Crippen molar-refractivity contribution in [2.24, 2.45) is 0 Å². The Morgan fingerprint density at radius 3 is 2.95 bits per heavy atom. The van der Waals surface area contributed by atoms with Gasteiger partial charge in [-0.15, -0.1) is 11.3 Å². The molecule has 2 aromatic rings. The molecule has 3 rings (SSSR count). The van der Waals surface area contributed by atoms with Gasteiger partial charge in [0.05, 0.1) is 17.8 Å². The molecule has 0 bridgehead atoms. The van der Waals surface area contributed by atoms with Crippen LogP contribution in [0.15, 0.2) is 29.8 Å². The van der Waals surface area contributed by atoms with E-state index in [1.165, 1.54) is 11.3 Å². The number of thiazole rings is 1. The second-order valence-corrected chi connectivity index (χ2v) is 5.62. The number of nitrogens with zero attached hydrogens (tertiary/aromatic N) is 3. The van der Waals surface area contributed by atoms with Gasteiger partial charge in [0.2, 0.25) is 5.91 Å². The fourth-order valence-electron chi connectivity index (χ4n) is 2.20. The van der Waals surface area contributed by atoms with Gasteiger partial charge in [-0.1, -0.05) is 6.07 Å². The van der Waals surface area contributed by atoms with Crippen LogP contribution in [0.5, 0.6) is 0 Å². The molecule has 1 amide bonds. The van der Waals surface area contributed by atoms with Gasteiger partial charge >= 0.3 is 0 Å². The highest BCUT2D eigenvalue weighted by Gasteiger charge is 2.15. The molecule has 0 saturated carbocycles. The average molecular weight is 288 g/mol. The Morgan fingerprint density at radius 2 is 2.20 bits per heavy atom. The summed E-state index contributed by atoms with van der Waals surface area (Å²) in [6.45, 7) is 1.89. The minimum Gasteiger partial charge on any atom is -0.289 e. The first-order chi connectivity index (χ1) is 9.81. The summed E-state index contributed by atoms with van der Waals surface area (Å²) < 4.78 is 0. The number of hydrogen-bond donors (Lipinski definition) is 1. The largest absolute Gasteiger partial charge is 0.289 e. The Balaban J connectivity index is 1.61. The smallest absolute Gasteiger partial charge is 0.240 e. The number of amides is 1. The molecular weight excluding hydrogens is 272 g/mol. The highest BCUT2D eigenvalue weighted by molar-refractivity contribution is 7.13. The molecule has 3 heterocycles. The maximum absolute atomic E-state index is 11.9. The van der Waals surface area contributed by atoms with Gasteiger partial charge in [0.1, 0.15) is 5.01 Å². The lowest BCUT2D eigenvalue weighted by Crippen LogP contribution is -2.40. The Labute approximate surface area is 121 Å². The highest BCUT2D eigenvalue weighted by Crippen LogP contribution is 2.21. The molecule has 0 radical (unpaired) electrons. The van der Waals surface area contributed by atoms with Gasteiger partial charge in [0, 0.05) is 24.7 Å². The van der Waals surface area contributed by atoms with E-state index in [1.807, 2.05) is 28.6 Å². The molecular formula is C14H16N4OS. The predicted molar refractivity (Wildman–Crippen MR) is 78.0 cm³/mol. The third-order valence-corrected chi connectivity index (χ3v) is 4.08. The van der Waals surface area contributed by atoms with E-state index in [-0.39, 0.29) is 5.91 Å². The fraction of sp³-hybridized carbons (Fsp3) is 0.357. The van der Waals surface area contributed by atoms with Crippen molar-refractivity contribution in [1.29, 1.82) is 0 Å². The van der Waals surface area contributed by atoms with Crippen LogP contribution in [0.3, 0.4) is 0 Å². The van der Waals surface area contributed by atoms with Gasteiger partial charge in [0.25, 0.3) is 0 Å². The van der Waals surface area contributed by atoms with E-state index in [9.17, 15) is 4.79 Å². The Morgan fingerprint density at radius 1 is 1.35 bits per heavy atom. The zero-order valence-corrected chi connectivity index (χ0v) is 11.9. The van der Waals surface area contributed by atoms with Crippen LogP contribution in [0.1, 0.15) is 18.5 Å². The van der Waals surface area contributed by atoms with Crippen LogP contribution in [-0.2, 0) is 11.2 Å². The van der Waals surface area contributed by atoms with Crippen molar-refractivity contribution in [1.82, 2.24) is 20.4 Å². The number of aromatic nitrogens is 2. The van der Waals surface area contributed by atoms with Crippen molar-refractivity contribution < 1.29 is 4.79 Å². The summed E-state index contributed by atoms with van der Waals surface area (Å²) in [5, 5.41) is 4.76. The van der Waals surface area contributed by atoms with E-state index >= 15 is 0 Å². The molecule has 1 saturated heterocycles. The Hall–Kier alpha value is -1.79. The van der Waals surface area contributed by atoms with Crippen LogP contribution < -0.4 is 5.43 Å². The molecule has 2 aromatic heterocycles. The van der Waals surface area contributed by atoms with E-state index in [0.29, 0.717) is 6.42 Å². The Bertz CT molecular complexity index is 578. The summed E-state index contributed by atoms with van der Waals surface area (Å²) in [5.41, 5.74) is 4.57. The van der Waals surface area contributed by atoms with Crippen molar-refractivity contribution in [2.75, 3.05) is 13.1 Å². The lowest BCUT2D eigenvalue weighted by molar-refractivity contribution is -0.124. The van der Waals surface area contributed by atoms with Gasteiger partial charge in [-0.25, -0.2) is 9.99 Å². The quantitative estimate of drug-likeness (QED) is 0.933. The maximum atomic E-state index is 11.9. The van der Waals surface area contributed by atoms with Crippen molar-refractivity contribution in [3.05, 3.63) is 35.5 Å². The van der Waals surface area contributed by atoms with Crippen LogP contribution in [0, 0.1) is 0 Å². The molecule has 0 aromatic carbocycles.